The third-order valence-corrected chi connectivity index (χ3v) is 3.51. The fourth-order valence-corrected chi connectivity index (χ4v) is 2.88. The van der Waals surface area contributed by atoms with Gasteiger partial charge in [-0.05, 0) is 37.0 Å². The molecule has 0 aromatic rings. The molecule has 0 N–H and O–H groups in total. The van der Waals surface area contributed by atoms with E-state index in [0.29, 0.717) is 0 Å². The standard InChI is InChI=1S/C13H18/c1-2-3-4-5-6-12-9-11-7-8-13(12)10-11/h2-6,11-13H,1,7-10H2. The molecule has 2 aliphatic rings. The normalized spacial score (nSPS) is 38.0. The summed E-state index contributed by atoms with van der Waals surface area (Å²) in [6.45, 7) is 3.65. The van der Waals surface area contributed by atoms with Gasteiger partial charge in [0.25, 0.3) is 0 Å². The van der Waals surface area contributed by atoms with E-state index in [1.165, 1.54) is 25.7 Å². The van der Waals surface area contributed by atoms with Crippen LogP contribution in [0.1, 0.15) is 25.7 Å². The highest BCUT2D eigenvalue weighted by Gasteiger charge is 2.37. The van der Waals surface area contributed by atoms with E-state index in [4.69, 9.17) is 0 Å². The zero-order valence-electron chi connectivity index (χ0n) is 8.15. The van der Waals surface area contributed by atoms with Crippen LogP contribution < -0.4 is 0 Å². The Morgan fingerprint density at radius 3 is 2.54 bits per heavy atom. The minimum atomic E-state index is 0.883. The van der Waals surface area contributed by atoms with Crippen molar-refractivity contribution in [3.63, 3.8) is 0 Å². The second-order valence-corrected chi connectivity index (χ2v) is 4.34. The van der Waals surface area contributed by atoms with Crippen molar-refractivity contribution < 1.29 is 0 Å². The Hall–Kier alpha value is -0.780. The van der Waals surface area contributed by atoms with Crippen molar-refractivity contribution in [1.29, 1.82) is 0 Å². The van der Waals surface area contributed by atoms with Crippen LogP contribution in [0.25, 0.3) is 0 Å². The topological polar surface area (TPSA) is 0 Å². The molecule has 0 aromatic carbocycles. The van der Waals surface area contributed by atoms with Crippen LogP contribution in [0.2, 0.25) is 0 Å². The smallest absolute Gasteiger partial charge is 0.0199 e. The summed E-state index contributed by atoms with van der Waals surface area (Å²) < 4.78 is 0. The lowest BCUT2D eigenvalue weighted by Gasteiger charge is -2.17. The molecule has 2 saturated carbocycles. The molecule has 0 aromatic heterocycles. The monoisotopic (exact) mass is 174 g/mol. The summed E-state index contributed by atoms with van der Waals surface area (Å²) in [6, 6.07) is 0. The fourth-order valence-electron chi connectivity index (χ4n) is 2.88. The van der Waals surface area contributed by atoms with Crippen LogP contribution >= 0.6 is 0 Å². The van der Waals surface area contributed by atoms with Gasteiger partial charge in [-0.2, -0.15) is 0 Å². The van der Waals surface area contributed by atoms with Crippen molar-refractivity contribution in [2.75, 3.05) is 0 Å². The Labute approximate surface area is 81.0 Å². The van der Waals surface area contributed by atoms with Crippen molar-refractivity contribution in [3.8, 4) is 0 Å². The summed E-state index contributed by atoms with van der Waals surface area (Å²) in [6.07, 6.45) is 16.4. The lowest BCUT2D eigenvalue weighted by Crippen LogP contribution is -2.06. The predicted molar refractivity (Wildman–Crippen MR) is 57.4 cm³/mol. The van der Waals surface area contributed by atoms with Gasteiger partial charge in [0.2, 0.25) is 0 Å². The van der Waals surface area contributed by atoms with Crippen LogP contribution in [0.15, 0.2) is 37.0 Å². The van der Waals surface area contributed by atoms with Crippen LogP contribution in [0.5, 0.6) is 0 Å². The van der Waals surface area contributed by atoms with E-state index in [1.807, 2.05) is 12.2 Å². The highest BCUT2D eigenvalue weighted by Crippen LogP contribution is 2.48. The van der Waals surface area contributed by atoms with Crippen molar-refractivity contribution in [2.45, 2.75) is 25.7 Å². The lowest BCUT2D eigenvalue weighted by atomic mass is 9.88. The lowest BCUT2D eigenvalue weighted by molar-refractivity contribution is 0.394. The maximum Gasteiger partial charge on any atom is -0.0199 e. The van der Waals surface area contributed by atoms with Gasteiger partial charge in [0, 0.05) is 0 Å². The molecule has 0 aliphatic heterocycles. The molecule has 0 amide bonds. The van der Waals surface area contributed by atoms with E-state index in [2.05, 4.69) is 24.8 Å². The summed E-state index contributed by atoms with van der Waals surface area (Å²) in [5.74, 6) is 2.95. The number of hydrogen-bond donors (Lipinski definition) is 0. The zero-order valence-corrected chi connectivity index (χ0v) is 8.15. The van der Waals surface area contributed by atoms with Gasteiger partial charge in [-0.1, -0.05) is 43.4 Å². The molecule has 0 heteroatoms. The highest BCUT2D eigenvalue weighted by atomic mass is 14.4. The van der Waals surface area contributed by atoms with E-state index in [1.54, 1.807) is 0 Å². The fraction of sp³-hybridized carbons (Fsp3) is 0.538. The SMILES string of the molecule is C=CC=CC=CC1CC2CCC1C2. The van der Waals surface area contributed by atoms with Crippen LogP contribution in [0, 0.1) is 17.8 Å². The average molecular weight is 174 g/mol. The molecular weight excluding hydrogens is 156 g/mol. The largest absolute Gasteiger partial charge is 0.0991 e. The molecule has 2 fully saturated rings. The summed E-state index contributed by atoms with van der Waals surface area (Å²) >= 11 is 0. The van der Waals surface area contributed by atoms with Gasteiger partial charge < -0.3 is 0 Å². The van der Waals surface area contributed by atoms with E-state index in [0.717, 1.165) is 17.8 Å². The third-order valence-electron chi connectivity index (χ3n) is 3.51. The van der Waals surface area contributed by atoms with Gasteiger partial charge in [-0.25, -0.2) is 0 Å². The van der Waals surface area contributed by atoms with Crippen molar-refractivity contribution in [1.82, 2.24) is 0 Å². The first-order chi connectivity index (χ1) is 6.40. The number of rotatable bonds is 3. The molecule has 0 radical (unpaired) electrons. The van der Waals surface area contributed by atoms with Gasteiger partial charge >= 0.3 is 0 Å². The second kappa shape index (κ2) is 3.95. The van der Waals surface area contributed by atoms with Crippen LogP contribution in [-0.4, -0.2) is 0 Å². The van der Waals surface area contributed by atoms with Gasteiger partial charge in [-0.3, -0.25) is 0 Å². The van der Waals surface area contributed by atoms with Crippen LogP contribution in [0.3, 0.4) is 0 Å². The molecule has 13 heavy (non-hydrogen) atoms. The summed E-state index contributed by atoms with van der Waals surface area (Å²) in [5.41, 5.74) is 0. The first-order valence-electron chi connectivity index (χ1n) is 5.36. The molecule has 2 bridgehead atoms. The van der Waals surface area contributed by atoms with Gasteiger partial charge in [-0.15, -0.1) is 0 Å². The summed E-state index contributed by atoms with van der Waals surface area (Å²) in [4.78, 5) is 0. The van der Waals surface area contributed by atoms with Crippen LogP contribution in [0.4, 0.5) is 0 Å². The molecule has 0 nitrogen and oxygen atoms in total. The third kappa shape index (κ3) is 1.93. The average Bonchev–Trinajstić information content (AvgIpc) is 2.73. The number of allylic oxidation sites excluding steroid dienone is 5. The first-order valence-corrected chi connectivity index (χ1v) is 5.36. The Kier molecular flexibility index (Phi) is 2.68. The molecule has 70 valence electrons. The van der Waals surface area contributed by atoms with Gasteiger partial charge in [0.05, 0.1) is 0 Å². The number of fused-ring (bicyclic) bond motifs is 2. The Morgan fingerprint density at radius 2 is 1.92 bits per heavy atom. The first kappa shape index (κ1) is 8.80. The molecule has 2 rings (SSSR count). The zero-order chi connectivity index (χ0) is 9.10. The van der Waals surface area contributed by atoms with Crippen molar-refractivity contribution in [2.24, 2.45) is 17.8 Å². The predicted octanol–water partition coefficient (Wildman–Crippen LogP) is 3.72. The van der Waals surface area contributed by atoms with Crippen LogP contribution in [-0.2, 0) is 0 Å². The molecule has 2 aliphatic carbocycles. The van der Waals surface area contributed by atoms with Crippen molar-refractivity contribution >= 4 is 0 Å². The maximum atomic E-state index is 3.65. The summed E-state index contributed by atoms with van der Waals surface area (Å²) in [7, 11) is 0. The molecule has 0 heterocycles. The Bertz CT molecular complexity index is 234. The maximum absolute atomic E-state index is 3.65. The van der Waals surface area contributed by atoms with E-state index < -0.39 is 0 Å². The van der Waals surface area contributed by atoms with Gasteiger partial charge in [0.15, 0.2) is 0 Å². The van der Waals surface area contributed by atoms with Gasteiger partial charge in [0.1, 0.15) is 0 Å². The quantitative estimate of drug-likeness (QED) is 0.572. The molecule has 3 unspecified atom stereocenters. The van der Waals surface area contributed by atoms with Crippen molar-refractivity contribution in [3.05, 3.63) is 37.0 Å². The Balaban J connectivity index is 1.86. The van der Waals surface area contributed by atoms with E-state index in [9.17, 15) is 0 Å². The van der Waals surface area contributed by atoms with E-state index in [-0.39, 0.29) is 0 Å². The van der Waals surface area contributed by atoms with E-state index >= 15 is 0 Å². The molecule has 0 saturated heterocycles. The molecule has 3 atom stereocenters. The minimum absolute atomic E-state index is 0.883. The molecule has 0 spiro atoms. The summed E-state index contributed by atoms with van der Waals surface area (Å²) in [5, 5.41) is 0. The number of hydrogen-bond acceptors (Lipinski definition) is 0. The second-order valence-electron chi connectivity index (χ2n) is 4.34. The minimum Gasteiger partial charge on any atom is -0.0991 e. The highest BCUT2D eigenvalue weighted by molar-refractivity contribution is 5.11. The Morgan fingerprint density at radius 1 is 1.00 bits per heavy atom. The molecular formula is C13H18.